The molecule has 0 amide bonds. The van der Waals surface area contributed by atoms with Crippen LogP contribution >= 0.6 is 0 Å². The van der Waals surface area contributed by atoms with Crippen LogP contribution < -0.4 is 15.1 Å². The van der Waals surface area contributed by atoms with E-state index in [1.54, 1.807) is 19.1 Å². The Kier molecular flexibility index (Phi) is 2.63. The number of benzene rings is 1. The number of carbonyl (C=O) groups is 1. The molecule has 0 bridgehead atoms. The molecule has 2 heterocycles. The molecule has 0 aliphatic carbocycles. The standard InChI is InChI=1S/C13H10O6/c1-2-16-13(15)11-4-7-3-9-10(18-6-17-9)5-8(7)12(14)19-11/h3-5H,2,6H2,1H3. The van der Waals surface area contributed by atoms with E-state index in [4.69, 9.17) is 18.6 Å². The van der Waals surface area contributed by atoms with E-state index >= 15 is 0 Å². The van der Waals surface area contributed by atoms with E-state index in [0.29, 0.717) is 22.3 Å². The van der Waals surface area contributed by atoms with Crippen LogP contribution in [0.15, 0.2) is 27.4 Å². The van der Waals surface area contributed by atoms with Crippen molar-refractivity contribution in [1.29, 1.82) is 0 Å². The Morgan fingerprint density at radius 2 is 2.00 bits per heavy atom. The van der Waals surface area contributed by atoms with Crippen LogP contribution in [0.3, 0.4) is 0 Å². The Balaban J connectivity index is 2.18. The van der Waals surface area contributed by atoms with Gasteiger partial charge in [-0.3, -0.25) is 0 Å². The zero-order valence-corrected chi connectivity index (χ0v) is 10.1. The summed E-state index contributed by atoms with van der Waals surface area (Å²) < 4.78 is 20.1. The Hall–Kier alpha value is -2.50. The average Bonchev–Trinajstić information content (AvgIpc) is 2.84. The maximum atomic E-state index is 11.8. The molecule has 6 nitrogen and oxygen atoms in total. The molecule has 0 unspecified atom stereocenters. The SMILES string of the molecule is CCOC(=O)c1cc2cc3c(cc2c(=O)o1)OCO3. The van der Waals surface area contributed by atoms with Crippen molar-refractivity contribution in [1.82, 2.24) is 0 Å². The fraction of sp³-hybridized carbons (Fsp3) is 0.231. The third-order valence-corrected chi connectivity index (χ3v) is 2.73. The molecule has 1 aliphatic heterocycles. The lowest BCUT2D eigenvalue weighted by molar-refractivity contribution is 0.0485. The van der Waals surface area contributed by atoms with E-state index in [-0.39, 0.29) is 19.2 Å². The Labute approximate surface area is 107 Å². The van der Waals surface area contributed by atoms with Crippen LogP contribution in [0.25, 0.3) is 10.8 Å². The second-order valence-electron chi connectivity index (χ2n) is 3.91. The van der Waals surface area contributed by atoms with E-state index in [9.17, 15) is 9.59 Å². The minimum Gasteiger partial charge on any atom is -0.460 e. The third-order valence-electron chi connectivity index (χ3n) is 2.73. The van der Waals surface area contributed by atoms with Crippen LogP contribution in [-0.4, -0.2) is 19.4 Å². The van der Waals surface area contributed by atoms with Gasteiger partial charge < -0.3 is 18.6 Å². The van der Waals surface area contributed by atoms with Gasteiger partial charge >= 0.3 is 11.6 Å². The summed E-state index contributed by atoms with van der Waals surface area (Å²) in [6, 6.07) is 4.63. The molecule has 1 aromatic heterocycles. The summed E-state index contributed by atoms with van der Waals surface area (Å²) in [6.45, 7) is 2.00. The first kappa shape index (κ1) is 11.6. The average molecular weight is 262 g/mol. The minimum atomic E-state index is -0.667. The lowest BCUT2D eigenvalue weighted by Gasteiger charge is -2.03. The fourth-order valence-electron chi connectivity index (χ4n) is 1.88. The minimum absolute atomic E-state index is 0.113. The second-order valence-corrected chi connectivity index (χ2v) is 3.91. The number of hydrogen-bond acceptors (Lipinski definition) is 6. The van der Waals surface area contributed by atoms with Crippen molar-refractivity contribution >= 4 is 16.7 Å². The molecule has 3 rings (SSSR count). The Morgan fingerprint density at radius 3 is 2.74 bits per heavy atom. The quantitative estimate of drug-likeness (QED) is 0.767. The summed E-state index contributed by atoms with van der Waals surface area (Å²) in [5.74, 6) is 0.231. The number of rotatable bonds is 2. The lowest BCUT2D eigenvalue weighted by atomic mass is 10.1. The molecule has 98 valence electrons. The van der Waals surface area contributed by atoms with Crippen molar-refractivity contribution in [2.24, 2.45) is 0 Å². The van der Waals surface area contributed by atoms with E-state index in [2.05, 4.69) is 0 Å². The van der Waals surface area contributed by atoms with Gasteiger partial charge in [-0.15, -0.1) is 0 Å². The van der Waals surface area contributed by atoms with Crippen LogP contribution in [0.2, 0.25) is 0 Å². The summed E-state index contributed by atoms with van der Waals surface area (Å²) >= 11 is 0. The highest BCUT2D eigenvalue weighted by Gasteiger charge is 2.18. The van der Waals surface area contributed by atoms with Gasteiger partial charge in [0.05, 0.1) is 12.0 Å². The van der Waals surface area contributed by atoms with Gasteiger partial charge in [-0.1, -0.05) is 0 Å². The summed E-state index contributed by atoms with van der Waals surface area (Å²) in [5.41, 5.74) is -0.612. The normalized spacial score (nSPS) is 12.7. The molecule has 0 spiro atoms. The first-order valence-electron chi connectivity index (χ1n) is 5.73. The molecule has 0 saturated heterocycles. The zero-order chi connectivity index (χ0) is 13.4. The van der Waals surface area contributed by atoms with E-state index in [1.807, 2.05) is 0 Å². The van der Waals surface area contributed by atoms with Crippen molar-refractivity contribution in [3.8, 4) is 11.5 Å². The highest BCUT2D eigenvalue weighted by molar-refractivity contribution is 5.93. The smallest absolute Gasteiger partial charge is 0.374 e. The van der Waals surface area contributed by atoms with Crippen LogP contribution in [-0.2, 0) is 4.74 Å². The van der Waals surface area contributed by atoms with E-state index in [0.717, 1.165) is 0 Å². The second kappa shape index (κ2) is 4.31. The third kappa shape index (κ3) is 1.91. The lowest BCUT2D eigenvalue weighted by Crippen LogP contribution is -2.09. The highest BCUT2D eigenvalue weighted by atomic mass is 16.7. The van der Waals surface area contributed by atoms with Gasteiger partial charge in [0, 0.05) is 0 Å². The number of ether oxygens (including phenoxy) is 3. The molecule has 1 aromatic carbocycles. The van der Waals surface area contributed by atoms with Crippen molar-refractivity contribution < 1.29 is 23.4 Å². The van der Waals surface area contributed by atoms with Crippen LogP contribution in [0.1, 0.15) is 17.5 Å². The molecule has 19 heavy (non-hydrogen) atoms. The molecule has 6 heteroatoms. The molecule has 1 aliphatic rings. The number of carbonyl (C=O) groups excluding carboxylic acids is 1. The predicted molar refractivity (Wildman–Crippen MR) is 64.6 cm³/mol. The maximum Gasteiger partial charge on any atom is 0.374 e. The van der Waals surface area contributed by atoms with Crippen LogP contribution in [0.4, 0.5) is 0 Å². The number of esters is 1. The Bertz CT molecular complexity index is 715. The summed E-state index contributed by atoms with van der Waals surface area (Å²) in [6.07, 6.45) is 0. The summed E-state index contributed by atoms with van der Waals surface area (Å²) in [7, 11) is 0. The van der Waals surface area contributed by atoms with E-state index < -0.39 is 11.6 Å². The molecule has 0 saturated carbocycles. The van der Waals surface area contributed by atoms with Gasteiger partial charge in [0.1, 0.15) is 0 Å². The largest absolute Gasteiger partial charge is 0.460 e. The molecular formula is C13H10O6. The van der Waals surface area contributed by atoms with Crippen molar-refractivity contribution in [3.05, 3.63) is 34.4 Å². The van der Waals surface area contributed by atoms with Crippen molar-refractivity contribution in [2.45, 2.75) is 6.92 Å². The molecule has 0 fully saturated rings. The topological polar surface area (TPSA) is 75.0 Å². The highest BCUT2D eigenvalue weighted by Crippen LogP contribution is 2.35. The van der Waals surface area contributed by atoms with Gasteiger partial charge in [-0.2, -0.15) is 0 Å². The fourth-order valence-corrected chi connectivity index (χ4v) is 1.88. The van der Waals surface area contributed by atoms with E-state index in [1.165, 1.54) is 6.07 Å². The van der Waals surface area contributed by atoms with Crippen LogP contribution in [0, 0.1) is 0 Å². The Morgan fingerprint density at radius 1 is 1.26 bits per heavy atom. The van der Waals surface area contributed by atoms with Crippen LogP contribution in [0.5, 0.6) is 11.5 Å². The molecule has 0 atom stereocenters. The van der Waals surface area contributed by atoms with Gasteiger partial charge in [0.15, 0.2) is 11.5 Å². The molecular weight excluding hydrogens is 252 g/mol. The zero-order valence-electron chi connectivity index (χ0n) is 10.1. The van der Waals surface area contributed by atoms with Gasteiger partial charge in [0.2, 0.25) is 12.6 Å². The maximum absolute atomic E-state index is 11.8. The van der Waals surface area contributed by atoms with Gasteiger partial charge in [-0.25, -0.2) is 9.59 Å². The van der Waals surface area contributed by atoms with Gasteiger partial charge in [-0.05, 0) is 30.5 Å². The van der Waals surface area contributed by atoms with Crippen molar-refractivity contribution in [2.75, 3.05) is 13.4 Å². The number of hydrogen-bond donors (Lipinski definition) is 0. The predicted octanol–water partition coefficient (Wildman–Crippen LogP) is 1.70. The first-order chi connectivity index (χ1) is 9.19. The molecule has 0 N–H and O–H groups in total. The molecule has 0 radical (unpaired) electrons. The monoisotopic (exact) mass is 262 g/mol. The number of fused-ring (bicyclic) bond motifs is 2. The van der Waals surface area contributed by atoms with Gasteiger partial charge in [0.25, 0.3) is 0 Å². The summed E-state index contributed by atoms with van der Waals surface area (Å²) in [4.78, 5) is 23.4. The molecule has 2 aromatic rings. The van der Waals surface area contributed by atoms with Crippen molar-refractivity contribution in [3.63, 3.8) is 0 Å². The summed E-state index contributed by atoms with van der Waals surface area (Å²) in [5, 5.41) is 0.876. The first-order valence-corrected chi connectivity index (χ1v) is 5.73.